The minimum Gasteiger partial charge on any atom is -0.444 e. The Kier molecular flexibility index (Phi) is 8.53. The monoisotopic (exact) mass is 497 g/mol. The van der Waals surface area contributed by atoms with Crippen molar-refractivity contribution in [3.8, 4) is 5.75 Å². The standard InChI is InChI=1S/C27H31NO6S/c1-20-10-16-24(17-11-20)35(30,31)34-23-14-12-21(13-15-23)18-25(28-26(29)33-27(2,3)4)32-19-22-8-6-5-7-9-22/h5-17,25H,18-19H2,1-4H3,(H,28,29). The molecule has 0 aliphatic rings. The molecule has 0 saturated carbocycles. The van der Waals surface area contributed by atoms with Crippen molar-refractivity contribution in [1.82, 2.24) is 5.32 Å². The van der Waals surface area contributed by atoms with Gasteiger partial charge in [0.15, 0.2) is 0 Å². The summed E-state index contributed by atoms with van der Waals surface area (Å²) in [5, 5.41) is 2.76. The van der Waals surface area contributed by atoms with Crippen molar-refractivity contribution in [2.45, 2.75) is 57.4 Å². The van der Waals surface area contributed by atoms with E-state index in [1.54, 1.807) is 57.2 Å². The van der Waals surface area contributed by atoms with Crippen LogP contribution in [0.1, 0.15) is 37.5 Å². The molecule has 0 bridgehead atoms. The Morgan fingerprint density at radius 1 is 0.886 bits per heavy atom. The van der Waals surface area contributed by atoms with E-state index in [1.165, 1.54) is 12.1 Å². The third-order valence-corrected chi connectivity index (χ3v) is 6.09. The molecular formula is C27H31NO6S. The Bertz CT molecular complexity index is 1200. The van der Waals surface area contributed by atoms with Crippen LogP contribution in [0.5, 0.6) is 5.75 Å². The van der Waals surface area contributed by atoms with Gasteiger partial charge in [0, 0.05) is 6.42 Å². The fourth-order valence-corrected chi connectivity index (χ4v) is 4.07. The van der Waals surface area contributed by atoms with Gasteiger partial charge in [0.1, 0.15) is 22.5 Å². The highest BCUT2D eigenvalue weighted by Gasteiger charge is 2.21. The summed E-state index contributed by atoms with van der Waals surface area (Å²) in [5.74, 6) is 0.191. The zero-order valence-electron chi connectivity index (χ0n) is 20.4. The zero-order valence-corrected chi connectivity index (χ0v) is 21.2. The predicted octanol–water partition coefficient (Wildman–Crippen LogP) is 5.37. The quantitative estimate of drug-likeness (QED) is 0.316. The Balaban J connectivity index is 1.67. The van der Waals surface area contributed by atoms with Gasteiger partial charge in [0.25, 0.3) is 0 Å². The van der Waals surface area contributed by atoms with Gasteiger partial charge in [-0.15, -0.1) is 0 Å². The molecule has 3 aromatic rings. The van der Waals surface area contributed by atoms with E-state index in [0.29, 0.717) is 13.0 Å². The van der Waals surface area contributed by atoms with E-state index in [4.69, 9.17) is 13.7 Å². The second-order valence-corrected chi connectivity index (χ2v) is 10.7. The number of amides is 1. The molecule has 3 rings (SSSR count). The summed E-state index contributed by atoms with van der Waals surface area (Å²) in [6.07, 6.45) is -0.898. The number of carbonyl (C=O) groups is 1. The van der Waals surface area contributed by atoms with Crippen LogP contribution in [0, 0.1) is 6.92 Å². The van der Waals surface area contributed by atoms with Crippen LogP contribution in [0.3, 0.4) is 0 Å². The predicted molar refractivity (Wildman–Crippen MR) is 134 cm³/mol. The molecular weight excluding hydrogens is 466 g/mol. The average Bonchev–Trinajstić information content (AvgIpc) is 2.78. The van der Waals surface area contributed by atoms with Gasteiger partial charge in [-0.05, 0) is 63.1 Å². The molecule has 1 N–H and O–H groups in total. The number of alkyl carbamates (subject to hydrolysis) is 1. The number of benzene rings is 3. The molecule has 0 aliphatic heterocycles. The van der Waals surface area contributed by atoms with Crippen molar-refractivity contribution < 1.29 is 26.9 Å². The summed E-state index contributed by atoms with van der Waals surface area (Å²) in [6, 6.07) is 22.7. The third-order valence-electron chi connectivity index (χ3n) is 4.83. The molecule has 0 spiro atoms. The number of aryl methyl sites for hydroxylation is 1. The number of hydrogen-bond donors (Lipinski definition) is 1. The van der Waals surface area contributed by atoms with Gasteiger partial charge < -0.3 is 13.7 Å². The zero-order chi connectivity index (χ0) is 25.5. The molecule has 8 heteroatoms. The second-order valence-electron chi connectivity index (χ2n) is 9.13. The number of ether oxygens (including phenoxy) is 2. The lowest BCUT2D eigenvalue weighted by molar-refractivity contribution is -0.000939. The molecule has 0 fully saturated rings. The number of rotatable bonds is 9. The van der Waals surface area contributed by atoms with Crippen LogP contribution in [0.2, 0.25) is 0 Å². The third kappa shape index (κ3) is 8.73. The van der Waals surface area contributed by atoms with Crippen LogP contribution in [-0.4, -0.2) is 26.3 Å². The van der Waals surface area contributed by atoms with Gasteiger partial charge in [0.2, 0.25) is 0 Å². The van der Waals surface area contributed by atoms with Crippen LogP contribution in [0.15, 0.2) is 83.8 Å². The second kappa shape index (κ2) is 11.4. The van der Waals surface area contributed by atoms with Gasteiger partial charge in [-0.25, -0.2) is 4.79 Å². The van der Waals surface area contributed by atoms with Crippen LogP contribution in [0.25, 0.3) is 0 Å². The number of nitrogens with one attached hydrogen (secondary N) is 1. The van der Waals surface area contributed by atoms with E-state index in [0.717, 1.165) is 16.7 Å². The molecule has 3 aromatic carbocycles. The lowest BCUT2D eigenvalue weighted by atomic mass is 10.1. The van der Waals surface area contributed by atoms with Gasteiger partial charge in [-0.3, -0.25) is 5.32 Å². The van der Waals surface area contributed by atoms with Gasteiger partial charge in [-0.1, -0.05) is 60.2 Å². The Labute approximate surface area is 207 Å². The van der Waals surface area contributed by atoms with Crippen molar-refractivity contribution in [2.24, 2.45) is 0 Å². The van der Waals surface area contributed by atoms with Gasteiger partial charge >= 0.3 is 16.2 Å². The minimum absolute atomic E-state index is 0.0862. The first-order chi connectivity index (χ1) is 16.5. The molecule has 1 amide bonds. The van der Waals surface area contributed by atoms with E-state index < -0.39 is 28.0 Å². The Morgan fingerprint density at radius 2 is 1.51 bits per heavy atom. The minimum atomic E-state index is -3.94. The molecule has 1 unspecified atom stereocenters. The maximum absolute atomic E-state index is 12.5. The molecule has 0 aliphatic carbocycles. The maximum Gasteiger partial charge on any atom is 0.409 e. The first-order valence-corrected chi connectivity index (χ1v) is 12.7. The van der Waals surface area contributed by atoms with Crippen molar-refractivity contribution in [2.75, 3.05) is 0 Å². The Morgan fingerprint density at radius 3 is 2.11 bits per heavy atom. The molecule has 0 heterocycles. The van der Waals surface area contributed by atoms with Crippen molar-refractivity contribution in [3.63, 3.8) is 0 Å². The highest BCUT2D eigenvalue weighted by atomic mass is 32.2. The summed E-state index contributed by atoms with van der Waals surface area (Å²) < 4.78 is 41.6. The van der Waals surface area contributed by atoms with E-state index in [-0.39, 0.29) is 10.6 Å². The van der Waals surface area contributed by atoms with E-state index in [9.17, 15) is 13.2 Å². The van der Waals surface area contributed by atoms with E-state index >= 15 is 0 Å². The average molecular weight is 498 g/mol. The first-order valence-electron chi connectivity index (χ1n) is 11.3. The van der Waals surface area contributed by atoms with E-state index in [2.05, 4.69) is 5.32 Å². The first kappa shape index (κ1) is 26.2. The smallest absolute Gasteiger partial charge is 0.409 e. The summed E-state index contributed by atoms with van der Waals surface area (Å²) in [6.45, 7) is 7.54. The van der Waals surface area contributed by atoms with Gasteiger partial charge in [-0.2, -0.15) is 8.42 Å². The molecule has 0 radical (unpaired) electrons. The van der Waals surface area contributed by atoms with Crippen LogP contribution in [-0.2, 0) is 32.6 Å². The fourth-order valence-electron chi connectivity index (χ4n) is 3.14. The van der Waals surface area contributed by atoms with Crippen LogP contribution < -0.4 is 9.50 Å². The number of carbonyl (C=O) groups excluding carboxylic acids is 1. The van der Waals surface area contributed by atoms with Gasteiger partial charge in [0.05, 0.1) is 6.61 Å². The lowest BCUT2D eigenvalue weighted by Crippen LogP contribution is -2.41. The van der Waals surface area contributed by atoms with E-state index in [1.807, 2.05) is 37.3 Å². The van der Waals surface area contributed by atoms with Crippen LogP contribution >= 0.6 is 0 Å². The summed E-state index contributed by atoms with van der Waals surface area (Å²) in [7, 11) is -3.94. The summed E-state index contributed by atoms with van der Waals surface area (Å²) in [4.78, 5) is 12.4. The molecule has 0 aromatic heterocycles. The highest BCUT2D eigenvalue weighted by Crippen LogP contribution is 2.20. The summed E-state index contributed by atoms with van der Waals surface area (Å²) in [5.41, 5.74) is 2.10. The van der Waals surface area contributed by atoms with Crippen LogP contribution in [0.4, 0.5) is 4.79 Å². The normalized spacial score (nSPS) is 12.6. The molecule has 186 valence electrons. The summed E-state index contributed by atoms with van der Waals surface area (Å²) >= 11 is 0. The molecule has 1 atom stereocenters. The topological polar surface area (TPSA) is 90.9 Å². The Hall–Kier alpha value is -3.36. The molecule has 35 heavy (non-hydrogen) atoms. The largest absolute Gasteiger partial charge is 0.444 e. The fraction of sp³-hybridized carbons (Fsp3) is 0.296. The SMILES string of the molecule is Cc1ccc(S(=O)(=O)Oc2ccc(CC(NC(=O)OC(C)(C)C)OCc3ccccc3)cc2)cc1. The highest BCUT2D eigenvalue weighted by molar-refractivity contribution is 7.87. The van der Waals surface area contributed by atoms with Crippen molar-refractivity contribution in [3.05, 3.63) is 95.6 Å². The molecule has 7 nitrogen and oxygen atoms in total. The lowest BCUT2D eigenvalue weighted by Gasteiger charge is -2.24. The number of hydrogen-bond acceptors (Lipinski definition) is 6. The van der Waals surface area contributed by atoms with Crippen molar-refractivity contribution >= 4 is 16.2 Å². The van der Waals surface area contributed by atoms with Crippen molar-refractivity contribution in [1.29, 1.82) is 0 Å². The molecule has 0 saturated heterocycles. The maximum atomic E-state index is 12.5.